The van der Waals surface area contributed by atoms with Crippen molar-refractivity contribution >= 4 is 23.3 Å². The van der Waals surface area contributed by atoms with Gasteiger partial charge in [-0.2, -0.15) is 0 Å². The van der Waals surface area contributed by atoms with E-state index in [1.807, 2.05) is 0 Å². The Morgan fingerprint density at radius 3 is 2.71 bits per heavy atom. The molecule has 1 N–H and O–H groups in total. The van der Waals surface area contributed by atoms with Crippen LogP contribution in [0.1, 0.15) is 6.92 Å². The van der Waals surface area contributed by atoms with Gasteiger partial charge in [0.2, 0.25) is 5.91 Å². The minimum Gasteiger partial charge on any atom is -0.480 e. The van der Waals surface area contributed by atoms with Crippen LogP contribution in [0.15, 0.2) is 18.5 Å². The van der Waals surface area contributed by atoms with Gasteiger partial charge < -0.3 is 5.11 Å². The number of nitro groups is 1. The summed E-state index contributed by atoms with van der Waals surface area (Å²) in [6.45, 7) is 0.493. The van der Waals surface area contributed by atoms with E-state index in [9.17, 15) is 19.7 Å². The molecule has 17 heavy (non-hydrogen) atoms. The van der Waals surface area contributed by atoms with Crippen LogP contribution in [0.5, 0.6) is 0 Å². The Morgan fingerprint density at radius 1 is 1.59 bits per heavy atom. The summed E-state index contributed by atoms with van der Waals surface area (Å²) >= 11 is 0. The third-order valence-corrected chi connectivity index (χ3v) is 1.94. The van der Waals surface area contributed by atoms with Gasteiger partial charge in [-0.15, -0.1) is 0 Å². The number of aromatic nitrogens is 1. The Kier molecular flexibility index (Phi) is 3.70. The fourth-order valence-electron chi connectivity index (χ4n) is 1.25. The minimum absolute atomic E-state index is 0.0834. The average Bonchev–Trinajstić information content (AvgIpc) is 2.25. The monoisotopic (exact) mass is 239 g/mol. The second kappa shape index (κ2) is 5.01. The van der Waals surface area contributed by atoms with Crippen molar-refractivity contribution in [3.05, 3.63) is 28.6 Å². The zero-order valence-electron chi connectivity index (χ0n) is 8.86. The van der Waals surface area contributed by atoms with Crippen LogP contribution in [-0.2, 0) is 9.59 Å². The van der Waals surface area contributed by atoms with Crippen LogP contribution in [0.4, 0.5) is 11.4 Å². The average molecular weight is 239 g/mol. The van der Waals surface area contributed by atoms with Crippen molar-refractivity contribution in [1.82, 2.24) is 4.98 Å². The molecule has 0 saturated heterocycles. The molecule has 0 bridgehead atoms. The maximum absolute atomic E-state index is 11.3. The number of carbonyl (C=O) groups excluding carboxylic acids is 1. The number of hydrogen-bond donors (Lipinski definition) is 1. The van der Waals surface area contributed by atoms with E-state index >= 15 is 0 Å². The molecule has 1 aromatic rings. The minimum atomic E-state index is -1.26. The number of nitrogens with zero attached hydrogens (tertiary/aromatic N) is 3. The molecule has 0 aliphatic heterocycles. The van der Waals surface area contributed by atoms with Crippen molar-refractivity contribution in [2.24, 2.45) is 0 Å². The quantitative estimate of drug-likeness (QED) is 0.601. The van der Waals surface area contributed by atoms with Crippen LogP contribution >= 0.6 is 0 Å². The molecule has 1 heterocycles. The molecule has 8 heteroatoms. The molecule has 1 amide bonds. The van der Waals surface area contributed by atoms with Gasteiger partial charge in [-0.3, -0.25) is 29.6 Å². The number of pyridine rings is 1. The number of amides is 1. The van der Waals surface area contributed by atoms with Gasteiger partial charge in [0.05, 0.1) is 4.92 Å². The molecule has 0 saturated carbocycles. The standard InChI is InChI=1S/C9H9N3O5/c1-6(13)11(5-9(14)15)7-2-3-10-4-8(7)12(16)17/h2-4H,5H2,1H3,(H,14,15). The highest BCUT2D eigenvalue weighted by atomic mass is 16.6. The molecule has 0 fully saturated rings. The largest absolute Gasteiger partial charge is 0.480 e. The van der Waals surface area contributed by atoms with Gasteiger partial charge in [0.25, 0.3) is 0 Å². The molecular formula is C9H9N3O5. The van der Waals surface area contributed by atoms with E-state index in [1.165, 1.54) is 12.3 Å². The van der Waals surface area contributed by atoms with Crippen molar-refractivity contribution in [3.8, 4) is 0 Å². The first-order valence-corrected chi connectivity index (χ1v) is 4.51. The van der Waals surface area contributed by atoms with Crippen molar-refractivity contribution < 1.29 is 19.6 Å². The third kappa shape index (κ3) is 2.97. The highest BCUT2D eigenvalue weighted by Crippen LogP contribution is 2.26. The maximum atomic E-state index is 11.3. The number of hydrogen-bond acceptors (Lipinski definition) is 5. The highest BCUT2D eigenvalue weighted by Gasteiger charge is 2.23. The second-order valence-corrected chi connectivity index (χ2v) is 3.12. The van der Waals surface area contributed by atoms with Gasteiger partial charge in [-0.25, -0.2) is 0 Å². The molecule has 0 unspecified atom stereocenters. The summed E-state index contributed by atoms with van der Waals surface area (Å²) in [5, 5.41) is 19.4. The number of carboxylic acids is 1. The van der Waals surface area contributed by atoms with E-state index in [4.69, 9.17) is 5.11 Å². The second-order valence-electron chi connectivity index (χ2n) is 3.12. The summed E-state index contributed by atoms with van der Waals surface area (Å²) in [6.07, 6.45) is 2.22. The molecule has 0 radical (unpaired) electrons. The van der Waals surface area contributed by atoms with E-state index in [2.05, 4.69) is 4.98 Å². The van der Waals surface area contributed by atoms with E-state index in [0.29, 0.717) is 0 Å². The number of carboxylic acid groups (broad SMARTS) is 1. The van der Waals surface area contributed by atoms with E-state index in [1.54, 1.807) is 0 Å². The predicted octanol–water partition coefficient (Wildman–Crippen LogP) is 0.427. The SMILES string of the molecule is CC(=O)N(CC(=O)O)c1ccncc1[N+](=O)[O-]. The van der Waals surface area contributed by atoms with Crippen molar-refractivity contribution in [2.75, 3.05) is 11.4 Å². The Balaban J connectivity index is 3.22. The Hall–Kier alpha value is -2.51. The molecule has 0 spiro atoms. The van der Waals surface area contributed by atoms with Gasteiger partial charge in [0, 0.05) is 13.1 Å². The van der Waals surface area contributed by atoms with Crippen LogP contribution < -0.4 is 4.90 Å². The predicted molar refractivity (Wildman–Crippen MR) is 56.6 cm³/mol. The van der Waals surface area contributed by atoms with Crippen molar-refractivity contribution in [2.45, 2.75) is 6.92 Å². The number of carbonyl (C=O) groups is 2. The summed E-state index contributed by atoms with van der Waals surface area (Å²) in [5.74, 6) is -1.85. The van der Waals surface area contributed by atoms with Crippen LogP contribution in [0.2, 0.25) is 0 Å². The lowest BCUT2D eigenvalue weighted by Gasteiger charge is -2.18. The van der Waals surface area contributed by atoms with Gasteiger partial charge in [0.1, 0.15) is 18.4 Å². The Bertz CT molecular complexity index is 473. The summed E-state index contributed by atoms with van der Waals surface area (Å²) in [6, 6.07) is 1.22. The van der Waals surface area contributed by atoms with Crippen LogP contribution in [0, 0.1) is 10.1 Å². The molecule has 0 aliphatic rings. The maximum Gasteiger partial charge on any atom is 0.323 e. The zero-order valence-corrected chi connectivity index (χ0v) is 8.86. The van der Waals surface area contributed by atoms with Crippen LogP contribution in [0.25, 0.3) is 0 Å². The fourth-order valence-corrected chi connectivity index (χ4v) is 1.25. The lowest BCUT2D eigenvalue weighted by Crippen LogP contribution is -2.34. The number of anilines is 1. The Labute approximate surface area is 95.6 Å². The van der Waals surface area contributed by atoms with Crippen LogP contribution in [-0.4, -0.2) is 33.4 Å². The number of aliphatic carboxylic acids is 1. The fraction of sp³-hybridized carbons (Fsp3) is 0.222. The van der Waals surface area contributed by atoms with Crippen LogP contribution in [0.3, 0.4) is 0 Å². The summed E-state index contributed by atoms with van der Waals surface area (Å²) < 4.78 is 0. The van der Waals surface area contributed by atoms with E-state index < -0.39 is 29.0 Å². The van der Waals surface area contributed by atoms with Crippen molar-refractivity contribution in [1.29, 1.82) is 0 Å². The first-order chi connectivity index (χ1) is 7.93. The molecule has 1 aromatic heterocycles. The summed E-state index contributed by atoms with van der Waals surface area (Å²) in [7, 11) is 0. The summed E-state index contributed by atoms with van der Waals surface area (Å²) in [4.78, 5) is 36.2. The molecule has 0 aromatic carbocycles. The Morgan fingerprint density at radius 2 is 2.24 bits per heavy atom. The highest BCUT2D eigenvalue weighted by molar-refractivity contribution is 5.97. The molecular weight excluding hydrogens is 230 g/mol. The van der Waals surface area contributed by atoms with E-state index in [0.717, 1.165) is 18.0 Å². The molecule has 1 rings (SSSR count). The smallest absolute Gasteiger partial charge is 0.323 e. The molecule has 90 valence electrons. The molecule has 0 atom stereocenters. The normalized spacial score (nSPS) is 9.71. The lowest BCUT2D eigenvalue weighted by molar-refractivity contribution is -0.384. The number of rotatable bonds is 4. The van der Waals surface area contributed by atoms with Gasteiger partial charge in [-0.1, -0.05) is 0 Å². The molecule has 8 nitrogen and oxygen atoms in total. The molecule has 0 aliphatic carbocycles. The zero-order chi connectivity index (χ0) is 13.0. The third-order valence-electron chi connectivity index (χ3n) is 1.94. The van der Waals surface area contributed by atoms with Gasteiger partial charge in [-0.05, 0) is 6.07 Å². The lowest BCUT2D eigenvalue weighted by atomic mass is 10.3. The van der Waals surface area contributed by atoms with E-state index in [-0.39, 0.29) is 5.69 Å². The van der Waals surface area contributed by atoms with Gasteiger partial charge in [0.15, 0.2) is 0 Å². The first-order valence-electron chi connectivity index (χ1n) is 4.51. The first kappa shape index (κ1) is 12.6. The van der Waals surface area contributed by atoms with Crippen molar-refractivity contribution in [3.63, 3.8) is 0 Å². The topological polar surface area (TPSA) is 114 Å². The summed E-state index contributed by atoms with van der Waals surface area (Å²) in [5.41, 5.74) is -0.496. The van der Waals surface area contributed by atoms with Gasteiger partial charge >= 0.3 is 11.7 Å².